The first kappa shape index (κ1) is 13.4. The normalized spacial score (nSPS) is 22.3. The van der Waals surface area contributed by atoms with Gasteiger partial charge in [-0.25, -0.2) is 0 Å². The second kappa shape index (κ2) is 6.75. The number of hydrogen-bond donors (Lipinski definition) is 1. The summed E-state index contributed by atoms with van der Waals surface area (Å²) in [6.07, 6.45) is 0. The molecular formula is C15H23N3S. The maximum Gasteiger partial charge on any atom is 0.0351 e. The first-order valence-corrected chi connectivity index (χ1v) is 8.25. The summed E-state index contributed by atoms with van der Waals surface area (Å²) in [5.41, 5.74) is 0. The molecule has 0 unspecified atom stereocenters. The second-order valence-corrected chi connectivity index (χ2v) is 6.53. The standard InChI is InChI=1S/C15H23N3S/c1-2-4-15(5-3-1)19-11-10-17-12-14(13-17)18-8-6-16-7-9-18/h1-5,14,16H,6-13H2. The number of hydrogen-bond acceptors (Lipinski definition) is 4. The Bertz CT molecular complexity index is 372. The molecule has 0 saturated carbocycles. The molecule has 1 N–H and O–H groups in total. The van der Waals surface area contributed by atoms with E-state index in [4.69, 9.17) is 0 Å². The van der Waals surface area contributed by atoms with Gasteiger partial charge in [-0.05, 0) is 12.1 Å². The van der Waals surface area contributed by atoms with Crippen molar-refractivity contribution >= 4 is 11.8 Å². The van der Waals surface area contributed by atoms with Crippen molar-refractivity contribution in [3.63, 3.8) is 0 Å². The third-order valence-electron chi connectivity index (χ3n) is 4.03. The molecule has 2 aliphatic heterocycles. The van der Waals surface area contributed by atoms with Crippen LogP contribution in [0.3, 0.4) is 0 Å². The quantitative estimate of drug-likeness (QED) is 0.819. The van der Waals surface area contributed by atoms with Crippen molar-refractivity contribution in [2.45, 2.75) is 10.9 Å². The van der Waals surface area contributed by atoms with E-state index in [0.717, 1.165) is 6.04 Å². The molecule has 0 spiro atoms. The molecule has 0 radical (unpaired) electrons. The van der Waals surface area contributed by atoms with E-state index in [0.29, 0.717) is 0 Å². The van der Waals surface area contributed by atoms with Crippen LogP contribution in [-0.2, 0) is 0 Å². The fraction of sp³-hybridized carbons (Fsp3) is 0.600. The lowest BCUT2D eigenvalue weighted by atomic mass is 10.1. The van der Waals surface area contributed by atoms with Crippen LogP contribution in [0.1, 0.15) is 0 Å². The number of piperazine rings is 1. The van der Waals surface area contributed by atoms with E-state index < -0.39 is 0 Å². The molecule has 0 bridgehead atoms. The lowest BCUT2D eigenvalue weighted by Gasteiger charge is -2.46. The molecular weight excluding hydrogens is 254 g/mol. The van der Waals surface area contributed by atoms with Gasteiger partial charge in [0, 0.05) is 62.5 Å². The van der Waals surface area contributed by atoms with E-state index >= 15 is 0 Å². The molecule has 0 amide bonds. The SMILES string of the molecule is c1ccc(SCCN2CC(N3CCNCC3)C2)cc1. The van der Waals surface area contributed by atoms with Gasteiger partial charge < -0.3 is 5.32 Å². The summed E-state index contributed by atoms with van der Waals surface area (Å²) in [6.45, 7) is 8.57. The highest BCUT2D eigenvalue weighted by Gasteiger charge is 2.31. The van der Waals surface area contributed by atoms with Gasteiger partial charge in [0.25, 0.3) is 0 Å². The average Bonchev–Trinajstić information content (AvgIpc) is 2.43. The van der Waals surface area contributed by atoms with Crippen LogP contribution < -0.4 is 5.32 Å². The van der Waals surface area contributed by atoms with Crippen molar-refractivity contribution in [1.82, 2.24) is 15.1 Å². The summed E-state index contributed by atoms with van der Waals surface area (Å²) in [6, 6.07) is 11.5. The molecule has 104 valence electrons. The zero-order valence-corrected chi connectivity index (χ0v) is 12.2. The first-order valence-electron chi connectivity index (χ1n) is 7.27. The molecule has 1 aromatic carbocycles. The van der Waals surface area contributed by atoms with E-state index in [1.54, 1.807) is 0 Å². The highest BCUT2D eigenvalue weighted by molar-refractivity contribution is 7.99. The molecule has 0 aliphatic carbocycles. The van der Waals surface area contributed by atoms with Gasteiger partial charge in [-0.1, -0.05) is 18.2 Å². The molecule has 2 aliphatic rings. The smallest absolute Gasteiger partial charge is 0.0351 e. The third-order valence-corrected chi connectivity index (χ3v) is 5.02. The molecule has 2 fully saturated rings. The summed E-state index contributed by atoms with van der Waals surface area (Å²) in [7, 11) is 0. The van der Waals surface area contributed by atoms with Gasteiger partial charge >= 0.3 is 0 Å². The largest absolute Gasteiger partial charge is 0.314 e. The Morgan fingerprint density at radius 2 is 1.84 bits per heavy atom. The van der Waals surface area contributed by atoms with Crippen molar-refractivity contribution in [2.75, 3.05) is 51.6 Å². The van der Waals surface area contributed by atoms with Gasteiger partial charge in [0.05, 0.1) is 0 Å². The minimum Gasteiger partial charge on any atom is -0.314 e. The fourth-order valence-electron chi connectivity index (χ4n) is 2.81. The number of nitrogens with zero attached hydrogens (tertiary/aromatic N) is 2. The van der Waals surface area contributed by atoms with Crippen LogP contribution in [0.2, 0.25) is 0 Å². The monoisotopic (exact) mass is 277 g/mol. The lowest BCUT2D eigenvalue weighted by Crippen LogP contribution is -2.62. The van der Waals surface area contributed by atoms with Gasteiger partial charge in [0.2, 0.25) is 0 Å². The number of likely N-dealkylation sites (tertiary alicyclic amines) is 1. The van der Waals surface area contributed by atoms with Gasteiger partial charge in [-0.3, -0.25) is 9.80 Å². The van der Waals surface area contributed by atoms with Crippen LogP contribution >= 0.6 is 11.8 Å². The van der Waals surface area contributed by atoms with Crippen LogP contribution in [0.15, 0.2) is 35.2 Å². The summed E-state index contributed by atoms with van der Waals surface area (Å²) in [5, 5.41) is 3.42. The summed E-state index contributed by atoms with van der Waals surface area (Å²) in [5.74, 6) is 1.21. The number of rotatable bonds is 5. The van der Waals surface area contributed by atoms with Crippen LogP contribution in [-0.4, -0.2) is 67.4 Å². The Labute approximate surface area is 120 Å². The van der Waals surface area contributed by atoms with Crippen LogP contribution in [0.4, 0.5) is 0 Å². The van der Waals surface area contributed by atoms with Gasteiger partial charge in [0.15, 0.2) is 0 Å². The molecule has 2 saturated heterocycles. The van der Waals surface area contributed by atoms with Crippen molar-refractivity contribution in [3.8, 4) is 0 Å². The van der Waals surface area contributed by atoms with E-state index in [2.05, 4.69) is 45.4 Å². The Morgan fingerprint density at radius 1 is 1.11 bits per heavy atom. The molecule has 3 rings (SSSR count). The average molecular weight is 277 g/mol. The predicted molar refractivity (Wildman–Crippen MR) is 81.8 cm³/mol. The van der Waals surface area contributed by atoms with Gasteiger partial charge in [0.1, 0.15) is 0 Å². The zero-order chi connectivity index (χ0) is 12.9. The summed E-state index contributed by atoms with van der Waals surface area (Å²) in [4.78, 5) is 6.63. The van der Waals surface area contributed by atoms with E-state index in [9.17, 15) is 0 Å². The summed E-state index contributed by atoms with van der Waals surface area (Å²) < 4.78 is 0. The Kier molecular flexibility index (Phi) is 4.77. The van der Waals surface area contributed by atoms with Crippen molar-refractivity contribution in [2.24, 2.45) is 0 Å². The molecule has 4 heteroatoms. The Hall–Kier alpha value is -0.550. The lowest BCUT2D eigenvalue weighted by molar-refractivity contribution is 0.0316. The van der Waals surface area contributed by atoms with E-state index in [-0.39, 0.29) is 0 Å². The maximum atomic E-state index is 3.42. The molecule has 19 heavy (non-hydrogen) atoms. The maximum absolute atomic E-state index is 3.42. The molecule has 3 nitrogen and oxygen atoms in total. The topological polar surface area (TPSA) is 18.5 Å². The highest BCUT2D eigenvalue weighted by Crippen LogP contribution is 2.20. The van der Waals surface area contributed by atoms with E-state index in [1.165, 1.54) is 56.5 Å². The van der Waals surface area contributed by atoms with Crippen molar-refractivity contribution < 1.29 is 0 Å². The third kappa shape index (κ3) is 3.72. The van der Waals surface area contributed by atoms with Gasteiger partial charge in [-0.2, -0.15) is 0 Å². The van der Waals surface area contributed by atoms with Crippen molar-refractivity contribution in [1.29, 1.82) is 0 Å². The number of benzene rings is 1. The number of nitrogens with one attached hydrogen (secondary N) is 1. The molecule has 2 heterocycles. The molecule has 0 atom stereocenters. The van der Waals surface area contributed by atoms with Crippen LogP contribution in [0.25, 0.3) is 0 Å². The first-order chi connectivity index (χ1) is 9.42. The number of thioether (sulfide) groups is 1. The molecule has 1 aromatic rings. The molecule has 0 aromatic heterocycles. The van der Waals surface area contributed by atoms with E-state index in [1.807, 2.05) is 11.8 Å². The highest BCUT2D eigenvalue weighted by atomic mass is 32.2. The second-order valence-electron chi connectivity index (χ2n) is 5.36. The summed E-state index contributed by atoms with van der Waals surface area (Å²) >= 11 is 1.97. The van der Waals surface area contributed by atoms with Crippen molar-refractivity contribution in [3.05, 3.63) is 30.3 Å². The Balaban J connectivity index is 1.31. The predicted octanol–water partition coefficient (Wildman–Crippen LogP) is 1.37. The minimum atomic E-state index is 0.823. The minimum absolute atomic E-state index is 0.823. The van der Waals surface area contributed by atoms with Crippen LogP contribution in [0.5, 0.6) is 0 Å². The van der Waals surface area contributed by atoms with Gasteiger partial charge in [-0.15, -0.1) is 11.8 Å². The fourth-order valence-corrected chi connectivity index (χ4v) is 3.75. The zero-order valence-electron chi connectivity index (χ0n) is 11.4. The van der Waals surface area contributed by atoms with Crippen LogP contribution in [0, 0.1) is 0 Å². The Morgan fingerprint density at radius 3 is 2.58 bits per heavy atom.